The van der Waals surface area contributed by atoms with Crippen LogP contribution < -0.4 is 16.4 Å². The molecule has 0 saturated carbocycles. The third-order valence-corrected chi connectivity index (χ3v) is 4.52. The van der Waals surface area contributed by atoms with Gasteiger partial charge in [0.05, 0.1) is 0 Å². The predicted molar refractivity (Wildman–Crippen MR) is 82.5 cm³/mol. The molecule has 1 aliphatic carbocycles. The molecule has 1 heterocycles. The molecule has 0 spiro atoms. The summed E-state index contributed by atoms with van der Waals surface area (Å²) < 4.78 is 0. The maximum atomic E-state index is 12.2. The van der Waals surface area contributed by atoms with E-state index in [0.717, 1.165) is 18.5 Å². The monoisotopic (exact) mass is 288 g/mol. The minimum atomic E-state index is -0.209. The normalized spacial score (nSPS) is 13.1. The molecule has 2 aromatic rings. The lowest BCUT2D eigenvalue weighted by Crippen LogP contribution is -2.12. The van der Waals surface area contributed by atoms with E-state index in [9.17, 15) is 4.79 Å². The summed E-state index contributed by atoms with van der Waals surface area (Å²) in [6.07, 6.45) is 3.42. The summed E-state index contributed by atoms with van der Waals surface area (Å²) in [6.45, 7) is 0. The van der Waals surface area contributed by atoms with Crippen LogP contribution in [0.4, 0.5) is 16.6 Å². The number of thiazole rings is 1. The number of hydrogen-bond donors (Lipinski definition) is 3. The van der Waals surface area contributed by atoms with Crippen molar-refractivity contribution in [3.8, 4) is 0 Å². The standard InChI is InChI=1S/C14H16N4OS/c1-16-14-18-12(15)11(20-14)13(19)17-10-6-5-8-3-2-4-9(8)7-10/h5-7H,2-4,15H2,1H3,(H,16,18)(H,17,19). The van der Waals surface area contributed by atoms with E-state index in [1.165, 1.54) is 28.9 Å². The molecule has 4 N–H and O–H groups in total. The van der Waals surface area contributed by atoms with E-state index in [1.54, 1.807) is 7.05 Å². The Morgan fingerprint density at radius 2 is 2.15 bits per heavy atom. The first-order valence-electron chi connectivity index (χ1n) is 6.54. The van der Waals surface area contributed by atoms with Gasteiger partial charge in [-0.15, -0.1) is 0 Å². The Bertz CT molecular complexity index is 665. The van der Waals surface area contributed by atoms with Gasteiger partial charge in [-0.05, 0) is 42.5 Å². The highest BCUT2D eigenvalue weighted by molar-refractivity contribution is 7.18. The molecular weight excluding hydrogens is 272 g/mol. The quantitative estimate of drug-likeness (QED) is 0.810. The van der Waals surface area contributed by atoms with Gasteiger partial charge in [-0.1, -0.05) is 17.4 Å². The predicted octanol–water partition coefficient (Wildman–Crippen LogP) is 2.51. The molecule has 104 valence electrons. The minimum Gasteiger partial charge on any atom is -0.382 e. The Balaban J connectivity index is 1.80. The average Bonchev–Trinajstić information content (AvgIpc) is 3.04. The van der Waals surface area contributed by atoms with Gasteiger partial charge in [0.2, 0.25) is 0 Å². The minimum absolute atomic E-state index is 0.209. The Labute approximate surface area is 121 Å². The highest BCUT2D eigenvalue weighted by Crippen LogP contribution is 2.27. The van der Waals surface area contributed by atoms with Gasteiger partial charge in [0.15, 0.2) is 5.13 Å². The SMILES string of the molecule is CNc1nc(N)c(C(=O)Nc2ccc3c(c2)CCC3)s1. The van der Waals surface area contributed by atoms with Crippen LogP contribution in [0.1, 0.15) is 27.2 Å². The van der Waals surface area contributed by atoms with Crippen LogP contribution in [-0.2, 0) is 12.8 Å². The van der Waals surface area contributed by atoms with Crippen molar-refractivity contribution in [1.29, 1.82) is 0 Å². The van der Waals surface area contributed by atoms with Crippen LogP contribution in [0.2, 0.25) is 0 Å². The van der Waals surface area contributed by atoms with Crippen molar-refractivity contribution in [3.05, 3.63) is 34.2 Å². The second-order valence-electron chi connectivity index (χ2n) is 4.77. The van der Waals surface area contributed by atoms with Crippen LogP contribution in [0.25, 0.3) is 0 Å². The van der Waals surface area contributed by atoms with Crippen molar-refractivity contribution in [2.24, 2.45) is 0 Å². The summed E-state index contributed by atoms with van der Waals surface area (Å²) in [5.74, 6) is 0.0532. The third-order valence-electron chi connectivity index (χ3n) is 3.43. The molecule has 5 nitrogen and oxygen atoms in total. The van der Waals surface area contributed by atoms with Crippen LogP contribution >= 0.6 is 11.3 Å². The number of aromatic nitrogens is 1. The highest BCUT2D eigenvalue weighted by atomic mass is 32.1. The number of nitrogens with zero attached hydrogens (tertiary/aromatic N) is 1. The van der Waals surface area contributed by atoms with Crippen molar-refractivity contribution in [2.45, 2.75) is 19.3 Å². The second kappa shape index (κ2) is 5.13. The van der Waals surface area contributed by atoms with E-state index < -0.39 is 0 Å². The van der Waals surface area contributed by atoms with Gasteiger partial charge in [0.1, 0.15) is 10.7 Å². The lowest BCUT2D eigenvalue weighted by atomic mass is 10.1. The molecule has 1 aromatic carbocycles. The number of rotatable bonds is 3. The van der Waals surface area contributed by atoms with E-state index in [0.29, 0.717) is 10.0 Å². The van der Waals surface area contributed by atoms with Gasteiger partial charge in [-0.3, -0.25) is 4.79 Å². The number of benzene rings is 1. The third kappa shape index (κ3) is 2.34. The van der Waals surface area contributed by atoms with E-state index >= 15 is 0 Å². The zero-order valence-electron chi connectivity index (χ0n) is 11.2. The molecule has 0 bridgehead atoms. The lowest BCUT2D eigenvalue weighted by Gasteiger charge is -2.06. The molecule has 20 heavy (non-hydrogen) atoms. The number of fused-ring (bicyclic) bond motifs is 1. The first kappa shape index (κ1) is 12.9. The Morgan fingerprint density at radius 3 is 2.90 bits per heavy atom. The molecule has 0 radical (unpaired) electrons. The van der Waals surface area contributed by atoms with Crippen LogP contribution in [0.15, 0.2) is 18.2 Å². The molecule has 0 unspecified atom stereocenters. The summed E-state index contributed by atoms with van der Waals surface area (Å²) in [5, 5.41) is 6.42. The number of hydrogen-bond acceptors (Lipinski definition) is 5. The van der Waals surface area contributed by atoms with Gasteiger partial charge in [0, 0.05) is 12.7 Å². The molecule has 6 heteroatoms. The fourth-order valence-electron chi connectivity index (χ4n) is 2.44. The number of nitrogen functional groups attached to an aromatic ring is 1. The van der Waals surface area contributed by atoms with Gasteiger partial charge in [0.25, 0.3) is 5.91 Å². The zero-order chi connectivity index (χ0) is 14.1. The first-order valence-corrected chi connectivity index (χ1v) is 7.36. The van der Waals surface area contributed by atoms with Gasteiger partial charge >= 0.3 is 0 Å². The fourth-order valence-corrected chi connectivity index (χ4v) is 3.17. The first-order chi connectivity index (χ1) is 9.67. The summed E-state index contributed by atoms with van der Waals surface area (Å²) in [5.41, 5.74) is 9.29. The zero-order valence-corrected chi connectivity index (χ0v) is 12.0. The van der Waals surface area contributed by atoms with E-state index in [2.05, 4.69) is 27.8 Å². The Morgan fingerprint density at radius 1 is 1.35 bits per heavy atom. The smallest absolute Gasteiger partial charge is 0.269 e. The number of carbonyl (C=O) groups excluding carboxylic acids is 1. The summed E-state index contributed by atoms with van der Waals surface area (Å²) >= 11 is 1.25. The maximum Gasteiger partial charge on any atom is 0.269 e. The molecule has 0 fully saturated rings. The van der Waals surface area contributed by atoms with Crippen molar-refractivity contribution < 1.29 is 4.79 Å². The Kier molecular flexibility index (Phi) is 3.31. The topological polar surface area (TPSA) is 80.0 Å². The van der Waals surface area contributed by atoms with Gasteiger partial charge in [-0.2, -0.15) is 0 Å². The molecule has 3 rings (SSSR count). The second-order valence-corrected chi connectivity index (χ2v) is 5.77. The Hall–Kier alpha value is -2.08. The molecule has 0 saturated heterocycles. The maximum absolute atomic E-state index is 12.2. The van der Waals surface area contributed by atoms with E-state index in [1.807, 2.05) is 6.07 Å². The van der Waals surface area contributed by atoms with E-state index in [4.69, 9.17) is 5.73 Å². The van der Waals surface area contributed by atoms with Gasteiger partial charge < -0.3 is 16.4 Å². The van der Waals surface area contributed by atoms with Crippen LogP contribution in [0, 0.1) is 0 Å². The molecule has 1 amide bonds. The van der Waals surface area contributed by atoms with Crippen molar-refractivity contribution in [3.63, 3.8) is 0 Å². The number of aryl methyl sites for hydroxylation is 2. The number of amides is 1. The van der Waals surface area contributed by atoms with Crippen LogP contribution in [-0.4, -0.2) is 17.9 Å². The lowest BCUT2D eigenvalue weighted by molar-refractivity contribution is 0.103. The molecule has 1 aromatic heterocycles. The summed E-state index contributed by atoms with van der Waals surface area (Å²) in [7, 11) is 1.75. The number of nitrogens with two attached hydrogens (primary N) is 1. The largest absolute Gasteiger partial charge is 0.382 e. The number of anilines is 3. The van der Waals surface area contributed by atoms with E-state index in [-0.39, 0.29) is 11.7 Å². The molecule has 0 aliphatic heterocycles. The molecule has 1 aliphatic rings. The number of nitrogens with one attached hydrogen (secondary N) is 2. The molecular formula is C14H16N4OS. The van der Waals surface area contributed by atoms with Crippen LogP contribution in [0.3, 0.4) is 0 Å². The summed E-state index contributed by atoms with van der Waals surface area (Å²) in [4.78, 5) is 16.7. The average molecular weight is 288 g/mol. The van der Waals surface area contributed by atoms with Crippen molar-refractivity contribution in [1.82, 2.24) is 4.98 Å². The van der Waals surface area contributed by atoms with Crippen molar-refractivity contribution >= 4 is 33.9 Å². The fraction of sp³-hybridized carbons (Fsp3) is 0.286. The van der Waals surface area contributed by atoms with Crippen LogP contribution in [0.5, 0.6) is 0 Å². The van der Waals surface area contributed by atoms with Crippen molar-refractivity contribution in [2.75, 3.05) is 23.4 Å². The van der Waals surface area contributed by atoms with Gasteiger partial charge in [-0.25, -0.2) is 4.98 Å². The number of carbonyl (C=O) groups is 1. The molecule has 0 atom stereocenters. The highest BCUT2D eigenvalue weighted by Gasteiger charge is 2.17. The summed E-state index contributed by atoms with van der Waals surface area (Å²) in [6, 6.07) is 6.09.